The van der Waals surface area contributed by atoms with Crippen LogP contribution in [-0.4, -0.2) is 10.9 Å². The van der Waals surface area contributed by atoms with Crippen LogP contribution in [0.5, 0.6) is 0 Å². The molecule has 1 atom stereocenters. The molecule has 1 aromatic carbocycles. The molecular weight excluding hydrogens is 260 g/mol. The summed E-state index contributed by atoms with van der Waals surface area (Å²) in [6.45, 7) is 1.91. The molecule has 3 nitrogen and oxygen atoms in total. The zero-order chi connectivity index (χ0) is 14.9. The Labute approximate surface area is 125 Å². The SMILES string of the molecule is C/C=C/C=C/C(=O)NC(c1ccccc1)c1ccncc1. The van der Waals surface area contributed by atoms with E-state index < -0.39 is 0 Å². The van der Waals surface area contributed by atoms with Crippen LogP contribution in [0.2, 0.25) is 0 Å². The van der Waals surface area contributed by atoms with Gasteiger partial charge in [0, 0.05) is 18.5 Å². The molecule has 2 aromatic rings. The fourth-order valence-corrected chi connectivity index (χ4v) is 2.00. The van der Waals surface area contributed by atoms with Crippen molar-refractivity contribution in [1.82, 2.24) is 10.3 Å². The summed E-state index contributed by atoms with van der Waals surface area (Å²) in [5.41, 5.74) is 2.04. The summed E-state index contributed by atoms with van der Waals surface area (Å²) >= 11 is 0. The molecule has 2 rings (SSSR count). The Morgan fingerprint density at radius 3 is 2.38 bits per heavy atom. The molecular formula is C18H18N2O. The van der Waals surface area contributed by atoms with E-state index in [0.29, 0.717) is 0 Å². The van der Waals surface area contributed by atoms with Gasteiger partial charge in [0.15, 0.2) is 0 Å². The number of hydrogen-bond donors (Lipinski definition) is 1. The summed E-state index contributed by atoms with van der Waals surface area (Å²) in [4.78, 5) is 16.1. The average Bonchev–Trinajstić information content (AvgIpc) is 2.54. The fraction of sp³-hybridized carbons (Fsp3) is 0.111. The molecule has 0 bridgehead atoms. The average molecular weight is 278 g/mol. The molecule has 0 aliphatic carbocycles. The minimum atomic E-state index is -0.183. The summed E-state index contributed by atoms with van der Waals surface area (Å²) < 4.78 is 0. The van der Waals surface area contributed by atoms with Crippen LogP contribution in [0.3, 0.4) is 0 Å². The maximum absolute atomic E-state index is 12.0. The molecule has 1 unspecified atom stereocenters. The number of nitrogens with one attached hydrogen (secondary N) is 1. The molecule has 106 valence electrons. The van der Waals surface area contributed by atoms with Crippen molar-refractivity contribution in [2.75, 3.05) is 0 Å². The van der Waals surface area contributed by atoms with E-state index in [9.17, 15) is 4.79 Å². The molecule has 21 heavy (non-hydrogen) atoms. The van der Waals surface area contributed by atoms with Gasteiger partial charge in [-0.2, -0.15) is 0 Å². The topological polar surface area (TPSA) is 42.0 Å². The first-order valence-corrected chi connectivity index (χ1v) is 6.86. The van der Waals surface area contributed by atoms with Gasteiger partial charge in [0.05, 0.1) is 6.04 Å². The monoisotopic (exact) mass is 278 g/mol. The van der Waals surface area contributed by atoms with Gasteiger partial charge in [-0.1, -0.05) is 48.6 Å². The Kier molecular flexibility index (Phi) is 5.47. The van der Waals surface area contributed by atoms with Crippen LogP contribution in [0.4, 0.5) is 0 Å². The molecule has 0 spiro atoms. The van der Waals surface area contributed by atoms with Gasteiger partial charge in [0.2, 0.25) is 5.91 Å². The Hall–Kier alpha value is -2.68. The second kappa shape index (κ2) is 7.80. The van der Waals surface area contributed by atoms with E-state index in [0.717, 1.165) is 11.1 Å². The standard InChI is InChI=1S/C18H18N2O/c1-2-3-5-10-17(21)20-18(15-8-6-4-7-9-15)16-11-13-19-14-12-16/h2-14,18H,1H3,(H,20,21)/b3-2+,10-5+. The van der Waals surface area contributed by atoms with Crippen molar-refractivity contribution >= 4 is 5.91 Å². The highest BCUT2D eigenvalue weighted by atomic mass is 16.1. The number of carbonyl (C=O) groups excluding carboxylic acids is 1. The molecule has 1 heterocycles. The van der Waals surface area contributed by atoms with E-state index in [2.05, 4.69) is 10.3 Å². The normalized spacial score (nSPS) is 12.6. The van der Waals surface area contributed by atoms with Gasteiger partial charge >= 0.3 is 0 Å². The number of rotatable bonds is 5. The molecule has 0 aliphatic heterocycles. The smallest absolute Gasteiger partial charge is 0.244 e. The molecule has 0 aliphatic rings. The fourth-order valence-electron chi connectivity index (χ4n) is 2.00. The Morgan fingerprint density at radius 2 is 1.71 bits per heavy atom. The van der Waals surface area contributed by atoms with Crippen LogP contribution in [0.15, 0.2) is 79.2 Å². The predicted molar refractivity (Wildman–Crippen MR) is 84.6 cm³/mol. The van der Waals surface area contributed by atoms with Crippen LogP contribution in [0.1, 0.15) is 24.1 Å². The molecule has 0 radical (unpaired) electrons. The lowest BCUT2D eigenvalue weighted by Gasteiger charge is -2.18. The van der Waals surface area contributed by atoms with Gasteiger partial charge in [-0.05, 0) is 30.2 Å². The van der Waals surface area contributed by atoms with E-state index in [-0.39, 0.29) is 11.9 Å². The lowest BCUT2D eigenvalue weighted by molar-refractivity contribution is -0.117. The number of aromatic nitrogens is 1. The zero-order valence-electron chi connectivity index (χ0n) is 11.9. The number of amides is 1. The van der Waals surface area contributed by atoms with Crippen LogP contribution >= 0.6 is 0 Å². The molecule has 0 saturated heterocycles. The number of pyridine rings is 1. The Balaban J connectivity index is 2.23. The van der Waals surface area contributed by atoms with E-state index in [1.807, 2.05) is 61.5 Å². The van der Waals surface area contributed by atoms with Gasteiger partial charge in [0.1, 0.15) is 0 Å². The van der Waals surface area contributed by atoms with Gasteiger partial charge in [-0.25, -0.2) is 0 Å². The maximum Gasteiger partial charge on any atom is 0.244 e. The second-order valence-corrected chi connectivity index (χ2v) is 4.52. The van der Waals surface area contributed by atoms with E-state index in [1.54, 1.807) is 18.5 Å². The van der Waals surface area contributed by atoms with Gasteiger partial charge in [0.25, 0.3) is 0 Å². The third-order valence-corrected chi connectivity index (χ3v) is 3.01. The van der Waals surface area contributed by atoms with Crippen LogP contribution < -0.4 is 5.32 Å². The van der Waals surface area contributed by atoms with Crippen molar-refractivity contribution in [2.45, 2.75) is 13.0 Å². The van der Waals surface area contributed by atoms with Crippen molar-refractivity contribution in [2.24, 2.45) is 0 Å². The second-order valence-electron chi connectivity index (χ2n) is 4.52. The number of nitrogens with zero attached hydrogens (tertiary/aromatic N) is 1. The van der Waals surface area contributed by atoms with E-state index in [1.165, 1.54) is 6.08 Å². The lowest BCUT2D eigenvalue weighted by Crippen LogP contribution is -2.27. The zero-order valence-corrected chi connectivity index (χ0v) is 11.9. The highest BCUT2D eigenvalue weighted by Gasteiger charge is 2.15. The van der Waals surface area contributed by atoms with Crippen LogP contribution in [0, 0.1) is 0 Å². The Morgan fingerprint density at radius 1 is 1.05 bits per heavy atom. The number of hydrogen-bond acceptors (Lipinski definition) is 2. The quantitative estimate of drug-likeness (QED) is 0.672. The molecule has 1 amide bonds. The highest BCUT2D eigenvalue weighted by Crippen LogP contribution is 2.21. The summed E-state index contributed by atoms with van der Waals surface area (Å²) in [7, 11) is 0. The molecule has 0 fully saturated rings. The maximum atomic E-state index is 12.0. The predicted octanol–water partition coefficient (Wildman–Crippen LogP) is 3.42. The summed E-state index contributed by atoms with van der Waals surface area (Å²) in [6, 6.07) is 13.5. The summed E-state index contributed by atoms with van der Waals surface area (Å²) in [5, 5.41) is 3.02. The number of allylic oxidation sites excluding steroid dienone is 3. The van der Waals surface area contributed by atoms with Gasteiger partial charge in [-0.15, -0.1) is 0 Å². The highest BCUT2D eigenvalue weighted by molar-refractivity contribution is 5.88. The van der Waals surface area contributed by atoms with E-state index in [4.69, 9.17) is 0 Å². The van der Waals surface area contributed by atoms with Crippen molar-refractivity contribution < 1.29 is 4.79 Å². The van der Waals surface area contributed by atoms with Crippen molar-refractivity contribution in [3.05, 3.63) is 90.3 Å². The first-order valence-electron chi connectivity index (χ1n) is 6.86. The van der Waals surface area contributed by atoms with Crippen LogP contribution in [-0.2, 0) is 4.79 Å². The number of carbonyl (C=O) groups is 1. The molecule has 3 heteroatoms. The largest absolute Gasteiger partial charge is 0.342 e. The summed E-state index contributed by atoms with van der Waals surface area (Å²) in [5.74, 6) is -0.126. The first kappa shape index (κ1) is 14.7. The van der Waals surface area contributed by atoms with Crippen molar-refractivity contribution in [3.63, 3.8) is 0 Å². The van der Waals surface area contributed by atoms with Crippen molar-refractivity contribution in [1.29, 1.82) is 0 Å². The van der Waals surface area contributed by atoms with Gasteiger partial charge < -0.3 is 5.32 Å². The molecule has 1 N–H and O–H groups in total. The molecule has 1 aromatic heterocycles. The first-order chi connectivity index (χ1) is 10.3. The minimum absolute atomic E-state index is 0.126. The van der Waals surface area contributed by atoms with E-state index >= 15 is 0 Å². The van der Waals surface area contributed by atoms with Crippen LogP contribution in [0.25, 0.3) is 0 Å². The minimum Gasteiger partial charge on any atom is -0.342 e. The third kappa shape index (κ3) is 4.42. The van der Waals surface area contributed by atoms with Crippen molar-refractivity contribution in [3.8, 4) is 0 Å². The third-order valence-electron chi connectivity index (χ3n) is 3.01. The lowest BCUT2D eigenvalue weighted by atomic mass is 9.99. The Bertz CT molecular complexity index is 579. The summed E-state index contributed by atoms with van der Waals surface area (Å²) in [6.07, 6.45) is 10.4. The number of benzene rings is 1. The van der Waals surface area contributed by atoms with Gasteiger partial charge in [-0.3, -0.25) is 9.78 Å². The molecule has 0 saturated carbocycles.